The molecule has 0 spiro atoms. The highest BCUT2D eigenvalue weighted by Crippen LogP contribution is 2.23. The van der Waals surface area contributed by atoms with E-state index in [0.717, 1.165) is 6.07 Å². The second kappa shape index (κ2) is 6.34. The second-order valence-electron chi connectivity index (χ2n) is 5.13. The number of carbonyl (C=O) groups excluding carboxylic acids is 1. The van der Waals surface area contributed by atoms with Crippen LogP contribution in [0.4, 0.5) is 4.39 Å². The van der Waals surface area contributed by atoms with E-state index in [4.69, 9.17) is 16.7 Å². The van der Waals surface area contributed by atoms with Crippen LogP contribution in [0.5, 0.6) is 5.75 Å². The van der Waals surface area contributed by atoms with Crippen LogP contribution in [0.1, 0.15) is 22.8 Å². The van der Waals surface area contributed by atoms with Gasteiger partial charge in [0.05, 0.1) is 12.1 Å². The minimum atomic E-state index is -1.35. The van der Waals surface area contributed by atoms with Crippen molar-refractivity contribution in [2.45, 2.75) is 12.5 Å². The molecule has 0 saturated carbocycles. The van der Waals surface area contributed by atoms with Crippen LogP contribution in [-0.2, 0) is 5.60 Å². The van der Waals surface area contributed by atoms with Crippen LogP contribution < -0.4 is 5.32 Å². The first kappa shape index (κ1) is 16.3. The number of benzene rings is 2. The van der Waals surface area contributed by atoms with Gasteiger partial charge in [-0.05, 0) is 36.8 Å². The molecule has 4 nitrogen and oxygen atoms in total. The van der Waals surface area contributed by atoms with Gasteiger partial charge in [0.15, 0.2) is 0 Å². The van der Waals surface area contributed by atoms with Gasteiger partial charge in [0.25, 0.3) is 5.91 Å². The fraction of sp³-hybridized carbons (Fsp3) is 0.188. The van der Waals surface area contributed by atoms with Gasteiger partial charge < -0.3 is 15.5 Å². The summed E-state index contributed by atoms with van der Waals surface area (Å²) >= 11 is 5.87. The van der Waals surface area contributed by atoms with Crippen LogP contribution in [0.2, 0.25) is 5.02 Å². The molecule has 0 heterocycles. The molecule has 1 unspecified atom stereocenters. The second-order valence-corrected chi connectivity index (χ2v) is 5.57. The average Bonchev–Trinajstić information content (AvgIpc) is 2.45. The first-order valence-electron chi connectivity index (χ1n) is 6.55. The molecule has 0 aliphatic heterocycles. The number of aliphatic hydroxyl groups is 1. The highest BCUT2D eigenvalue weighted by molar-refractivity contribution is 6.30. The van der Waals surface area contributed by atoms with E-state index in [9.17, 15) is 14.3 Å². The molecule has 0 radical (unpaired) electrons. The van der Waals surface area contributed by atoms with E-state index in [1.165, 1.54) is 19.1 Å². The molecule has 2 rings (SSSR count). The van der Waals surface area contributed by atoms with E-state index < -0.39 is 17.3 Å². The average molecular weight is 324 g/mol. The van der Waals surface area contributed by atoms with Gasteiger partial charge in [-0.15, -0.1) is 0 Å². The molecule has 0 bridgehead atoms. The summed E-state index contributed by atoms with van der Waals surface area (Å²) in [6.45, 7) is 1.40. The Hall–Kier alpha value is -2.11. The largest absolute Gasteiger partial charge is 0.508 e. The van der Waals surface area contributed by atoms with Gasteiger partial charge in [0.2, 0.25) is 0 Å². The van der Waals surface area contributed by atoms with Gasteiger partial charge in [-0.3, -0.25) is 4.79 Å². The number of amides is 1. The van der Waals surface area contributed by atoms with E-state index in [1.807, 2.05) is 0 Å². The summed E-state index contributed by atoms with van der Waals surface area (Å²) in [6.07, 6.45) is 0. The number of hydrogen-bond acceptors (Lipinski definition) is 3. The third-order valence-corrected chi connectivity index (χ3v) is 3.47. The van der Waals surface area contributed by atoms with E-state index in [0.29, 0.717) is 10.6 Å². The molecular formula is C16H15ClFNO3. The minimum absolute atomic E-state index is 0.119. The van der Waals surface area contributed by atoms with Crippen molar-refractivity contribution in [1.82, 2.24) is 5.32 Å². The third-order valence-electron chi connectivity index (χ3n) is 3.24. The van der Waals surface area contributed by atoms with Gasteiger partial charge >= 0.3 is 0 Å². The van der Waals surface area contributed by atoms with Crippen LogP contribution in [0.25, 0.3) is 0 Å². The maximum Gasteiger partial charge on any atom is 0.254 e. The van der Waals surface area contributed by atoms with Gasteiger partial charge in [0.1, 0.15) is 17.2 Å². The molecule has 6 heteroatoms. The summed E-state index contributed by atoms with van der Waals surface area (Å²) < 4.78 is 13.6. The van der Waals surface area contributed by atoms with Crippen LogP contribution in [0.15, 0.2) is 42.5 Å². The SMILES string of the molecule is CC(O)(CNC(=O)c1ccc(O)cc1F)c1cccc(Cl)c1. The van der Waals surface area contributed by atoms with Crippen molar-refractivity contribution in [1.29, 1.82) is 0 Å². The molecule has 22 heavy (non-hydrogen) atoms. The fourth-order valence-corrected chi connectivity index (χ4v) is 2.15. The van der Waals surface area contributed by atoms with Crippen LogP contribution >= 0.6 is 11.6 Å². The molecule has 2 aromatic rings. The Labute approximate surface area is 132 Å². The molecule has 0 aromatic heterocycles. The van der Waals surface area contributed by atoms with Crippen molar-refractivity contribution in [3.63, 3.8) is 0 Å². The fourth-order valence-electron chi connectivity index (χ4n) is 1.96. The van der Waals surface area contributed by atoms with Crippen molar-refractivity contribution in [2.75, 3.05) is 6.54 Å². The summed E-state index contributed by atoms with van der Waals surface area (Å²) in [5.41, 5.74) is -1.03. The highest BCUT2D eigenvalue weighted by atomic mass is 35.5. The number of nitrogens with one attached hydrogen (secondary N) is 1. The summed E-state index contributed by atoms with van der Waals surface area (Å²) in [7, 11) is 0. The van der Waals surface area contributed by atoms with Gasteiger partial charge in [-0.1, -0.05) is 23.7 Å². The maximum absolute atomic E-state index is 13.6. The first-order chi connectivity index (χ1) is 10.3. The van der Waals surface area contributed by atoms with Crippen molar-refractivity contribution >= 4 is 17.5 Å². The van der Waals surface area contributed by atoms with Crippen LogP contribution in [-0.4, -0.2) is 22.7 Å². The predicted octanol–water partition coefficient (Wildman–Crippen LogP) is 2.82. The number of carbonyl (C=O) groups is 1. The monoisotopic (exact) mass is 323 g/mol. The molecule has 0 saturated heterocycles. The summed E-state index contributed by atoms with van der Waals surface area (Å²) in [5.74, 6) is -1.78. The number of phenolic OH excluding ortho intramolecular Hbond substituents is 1. The first-order valence-corrected chi connectivity index (χ1v) is 6.92. The number of aromatic hydroxyl groups is 1. The van der Waals surface area contributed by atoms with Gasteiger partial charge in [-0.2, -0.15) is 0 Å². The molecule has 2 aromatic carbocycles. The molecule has 3 N–H and O–H groups in total. The Morgan fingerprint density at radius 3 is 2.68 bits per heavy atom. The zero-order chi connectivity index (χ0) is 16.3. The summed E-state index contributed by atoms with van der Waals surface area (Å²) in [6, 6.07) is 9.87. The molecular weight excluding hydrogens is 309 g/mol. The summed E-state index contributed by atoms with van der Waals surface area (Å²) in [4.78, 5) is 12.0. The molecule has 1 amide bonds. The lowest BCUT2D eigenvalue weighted by Crippen LogP contribution is -2.38. The van der Waals surface area contributed by atoms with E-state index in [2.05, 4.69) is 5.32 Å². The molecule has 116 valence electrons. The molecule has 0 fully saturated rings. The molecule has 1 atom stereocenters. The van der Waals surface area contributed by atoms with Gasteiger partial charge in [0, 0.05) is 11.1 Å². The zero-order valence-corrected chi connectivity index (χ0v) is 12.6. The van der Waals surface area contributed by atoms with Crippen LogP contribution in [0.3, 0.4) is 0 Å². The lowest BCUT2D eigenvalue weighted by atomic mass is 9.96. The topological polar surface area (TPSA) is 69.6 Å². The lowest BCUT2D eigenvalue weighted by Gasteiger charge is -2.24. The Balaban J connectivity index is 2.09. The van der Waals surface area contributed by atoms with E-state index in [-0.39, 0.29) is 17.9 Å². The number of phenols is 1. The van der Waals surface area contributed by atoms with Crippen molar-refractivity contribution in [3.05, 3.63) is 64.4 Å². The highest BCUT2D eigenvalue weighted by Gasteiger charge is 2.25. The van der Waals surface area contributed by atoms with Gasteiger partial charge in [-0.25, -0.2) is 4.39 Å². The Morgan fingerprint density at radius 1 is 1.32 bits per heavy atom. The zero-order valence-electron chi connectivity index (χ0n) is 11.8. The minimum Gasteiger partial charge on any atom is -0.508 e. The lowest BCUT2D eigenvalue weighted by molar-refractivity contribution is 0.0525. The van der Waals surface area contributed by atoms with E-state index >= 15 is 0 Å². The Kier molecular flexibility index (Phi) is 4.68. The third kappa shape index (κ3) is 3.75. The maximum atomic E-state index is 13.6. The smallest absolute Gasteiger partial charge is 0.254 e. The Bertz CT molecular complexity index is 704. The quantitative estimate of drug-likeness (QED) is 0.810. The summed E-state index contributed by atoms with van der Waals surface area (Å²) in [5, 5.41) is 22.5. The Morgan fingerprint density at radius 2 is 2.05 bits per heavy atom. The predicted molar refractivity (Wildman–Crippen MR) is 81.4 cm³/mol. The standard InChI is InChI=1S/C16H15ClFNO3/c1-16(22,10-3-2-4-11(17)7-10)9-19-15(21)13-6-5-12(20)8-14(13)18/h2-8,20,22H,9H2,1H3,(H,19,21). The number of hydrogen-bond donors (Lipinski definition) is 3. The normalized spacial score (nSPS) is 13.5. The number of rotatable bonds is 4. The van der Waals surface area contributed by atoms with Crippen molar-refractivity contribution in [2.24, 2.45) is 0 Å². The number of halogens is 2. The van der Waals surface area contributed by atoms with Crippen molar-refractivity contribution < 1.29 is 19.4 Å². The van der Waals surface area contributed by atoms with E-state index in [1.54, 1.807) is 24.3 Å². The molecule has 0 aliphatic rings. The van der Waals surface area contributed by atoms with Crippen molar-refractivity contribution in [3.8, 4) is 5.75 Å². The van der Waals surface area contributed by atoms with Crippen LogP contribution in [0, 0.1) is 5.82 Å². The molecule has 0 aliphatic carbocycles.